The van der Waals surface area contributed by atoms with Gasteiger partial charge in [0.05, 0.1) is 17.5 Å². The molecule has 2 heterocycles. The van der Waals surface area contributed by atoms with Gasteiger partial charge in [-0.1, -0.05) is 47.7 Å². The Labute approximate surface area is 189 Å². The molecule has 0 aliphatic rings. The number of sulfonamides is 1. The fourth-order valence-electron chi connectivity index (χ4n) is 2.64. The zero-order chi connectivity index (χ0) is 20.1. The quantitative estimate of drug-likeness (QED) is 0.450. The van der Waals surface area contributed by atoms with Crippen LogP contribution in [0.4, 0.5) is 13.2 Å². The summed E-state index contributed by atoms with van der Waals surface area (Å²) in [7, 11) is -4.15. The van der Waals surface area contributed by atoms with Crippen LogP contribution in [0.25, 0.3) is 32.5 Å². The summed E-state index contributed by atoms with van der Waals surface area (Å²) in [6.07, 6.45) is -2.88. The molecule has 0 saturated heterocycles. The fourth-order valence-corrected chi connectivity index (χ4v) is 4.11. The van der Waals surface area contributed by atoms with Crippen molar-refractivity contribution >= 4 is 26.3 Å². The normalized spacial score (nSPS) is 12.1. The van der Waals surface area contributed by atoms with Gasteiger partial charge in [0, 0.05) is 5.56 Å². The molecule has 2 aromatic heterocycles. The Balaban J connectivity index is 0.00000240. The van der Waals surface area contributed by atoms with E-state index in [0.29, 0.717) is 27.3 Å². The number of fused-ring (bicyclic) bond motifs is 1. The SMILES string of the molecule is [NH-]S(=O)(=O)c1nn2cc(-c3ccc(-c4cccc(C(F)(F)F)c4)cc3)nc2s1.[Na+]. The summed E-state index contributed by atoms with van der Waals surface area (Å²) in [5, 5.41) is 10.8. The van der Waals surface area contributed by atoms with Crippen LogP contribution in [0.1, 0.15) is 5.56 Å². The second-order valence-corrected chi connectivity index (χ2v) is 8.49. The van der Waals surface area contributed by atoms with Crippen molar-refractivity contribution in [3.05, 3.63) is 65.4 Å². The summed E-state index contributed by atoms with van der Waals surface area (Å²) in [5.74, 6) is 0. The molecule has 0 unspecified atom stereocenters. The van der Waals surface area contributed by atoms with E-state index in [1.165, 1.54) is 16.8 Å². The van der Waals surface area contributed by atoms with Gasteiger partial charge in [-0.3, -0.25) is 0 Å². The molecular weight excluding hydrogens is 436 g/mol. The number of benzene rings is 2. The molecule has 144 valence electrons. The predicted molar refractivity (Wildman–Crippen MR) is 98.2 cm³/mol. The van der Waals surface area contributed by atoms with Gasteiger partial charge in [0.1, 0.15) is 10.0 Å². The number of hydrogen-bond acceptors (Lipinski definition) is 5. The van der Waals surface area contributed by atoms with Gasteiger partial charge < -0.3 is 5.14 Å². The van der Waals surface area contributed by atoms with Crippen molar-refractivity contribution in [3.8, 4) is 22.4 Å². The number of halogens is 3. The Morgan fingerprint density at radius 1 is 1.00 bits per heavy atom. The van der Waals surface area contributed by atoms with E-state index >= 15 is 0 Å². The molecule has 4 aromatic rings. The molecule has 29 heavy (non-hydrogen) atoms. The van der Waals surface area contributed by atoms with Gasteiger partial charge in [0.2, 0.25) is 9.30 Å². The monoisotopic (exact) mass is 446 g/mol. The minimum Gasteiger partial charge on any atom is -0.558 e. The van der Waals surface area contributed by atoms with Gasteiger partial charge in [0.15, 0.2) is 0 Å². The summed E-state index contributed by atoms with van der Waals surface area (Å²) in [5.41, 5.74) is 1.58. The van der Waals surface area contributed by atoms with Crippen molar-refractivity contribution < 1.29 is 51.1 Å². The van der Waals surface area contributed by atoms with Crippen LogP contribution >= 0.6 is 11.3 Å². The van der Waals surface area contributed by atoms with E-state index in [4.69, 9.17) is 5.14 Å². The van der Waals surface area contributed by atoms with Gasteiger partial charge in [-0.2, -0.15) is 13.2 Å². The van der Waals surface area contributed by atoms with Gasteiger partial charge in [-0.05, 0) is 23.3 Å². The minimum atomic E-state index is -4.41. The third kappa shape index (κ3) is 4.55. The number of aromatic nitrogens is 3. The average Bonchev–Trinajstić information content (AvgIpc) is 3.20. The number of nitrogens with one attached hydrogen (secondary N) is 1. The number of imidazole rings is 1. The Kier molecular flexibility index (Phi) is 5.91. The summed E-state index contributed by atoms with van der Waals surface area (Å²) >= 11 is 0.782. The molecule has 0 radical (unpaired) electrons. The van der Waals surface area contributed by atoms with Gasteiger partial charge in [-0.15, -0.1) is 5.10 Å². The van der Waals surface area contributed by atoms with Gasteiger partial charge >= 0.3 is 35.7 Å². The van der Waals surface area contributed by atoms with Crippen LogP contribution in [0.2, 0.25) is 0 Å². The molecule has 0 amide bonds. The Hall–Kier alpha value is -1.76. The molecule has 0 bridgehead atoms. The van der Waals surface area contributed by atoms with Crippen molar-refractivity contribution in [3.63, 3.8) is 0 Å². The maximum absolute atomic E-state index is 12.9. The van der Waals surface area contributed by atoms with E-state index in [-0.39, 0.29) is 33.9 Å². The summed E-state index contributed by atoms with van der Waals surface area (Å²) in [6, 6.07) is 11.9. The van der Waals surface area contributed by atoms with E-state index in [0.717, 1.165) is 23.5 Å². The molecule has 0 atom stereocenters. The number of alkyl halides is 3. The van der Waals surface area contributed by atoms with Crippen LogP contribution in [-0.4, -0.2) is 23.0 Å². The molecule has 0 saturated carbocycles. The summed E-state index contributed by atoms with van der Waals surface area (Å²) < 4.78 is 62.0. The maximum atomic E-state index is 12.9. The average molecular weight is 446 g/mol. The van der Waals surface area contributed by atoms with E-state index in [1.54, 1.807) is 30.3 Å². The fraction of sp³-hybridized carbons (Fsp3) is 0.0588. The Bertz CT molecular complexity index is 1250. The van der Waals surface area contributed by atoms with E-state index in [1.807, 2.05) is 0 Å². The molecule has 4 rings (SSSR count). The first-order valence-corrected chi connectivity index (χ1v) is 10.1. The van der Waals surface area contributed by atoms with Gasteiger partial charge in [0.25, 0.3) is 0 Å². The van der Waals surface area contributed by atoms with E-state index < -0.39 is 21.8 Å². The molecular formula is C17H10F3N4NaO2S2. The summed E-state index contributed by atoms with van der Waals surface area (Å²) in [4.78, 5) is 4.61. The molecule has 0 aliphatic carbocycles. The predicted octanol–water partition coefficient (Wildman–Crippen LogP) is 1.89. The third-order valence-corrected chi connectivity index (χ3v) is 6.13. The second-order valence-electron chi connectivity index (χ2n) is 5.88. The van der Waals surface area contributed by atoms with Crippen LogP contribution in [0.5, 0.6) is 0 Å². The first-order chi connectivity index (χ1) is 13.1. The molecule has 2 aromatic carbocycles. The van der Waals surface area contributed by atoms with Crippen LogP contribution in [-0.2, 0) is 16.2 Å². The second kappa shape index (κ2) is 7.82. The van der Waals surface area contributed by atoms with Crippen molar-refractivity contribution in [2.75, 3.05) is 0 Å². The topological polar surface area (TPSA) is 88.1 Å². The molecule has 0 fully saturated rings. The largest absolute Gasteiger partial charge is 1.00 e. The molecule has 0 aliphatic heterocycles. The summed E-state index contributed by atoms with van der Waals surface area (Å²) in [6.45, 7) is 0. The Morgan fingerprint density at radius 2 is 1.66 bits per heavy atom. The van der Waals surface area contributed by atoms with Crippen LogP contribution < -0.4 is 29.6 Å². The molecule has 12 heteroatoms. The molecule has 6 nitrogen and oxygen atoms in total. The number of hydrogen-bond donors (Lipinski definition) is 0. The van der Waals surface area contributed by atoms with Crippen LogP contribution in [0.3, 0.4) is 0 Å². The van der Waals surface area contributed by atoms with E-state index in [2.05, 4.69) is 10.1 Å². The van der Waals surface area contributed by atoms with E-state index in [9.17, 15) is 21.6 Å². The Morgan fingerprint density at radius 3 is 2.24 bits per heavy atom. The zero-order valence-electron chi connectivity index (χ0n) is 14.8. The molecule has 1 N–H and O–H groups in total. The van der Waals surface area contributed by atoms with Crippen molar-refractivity contribution in [1.82, 2.24) is 14.6 Å². The first-order valence-electron chi connectivity index (χ1n) is 7.75. The minimum absolute atomic E-state index is 0. The van der Waals surface area contributed by atoms with Gasteiger partial charge in [-0.25, -0.2) is 17.9 Å². The van der Waals surface area contributed by atoms with Crippen LogP contribution in [0, 0.1) is 0 Å². The number of rotatable bonds is 3. The van der Waals surface area contributed by atoms with Crippen molar-refractivity contribution in [2.45, 2.75) is 10.5 Å². The molecule has 0 spiro atoms. The van der Waals surface area contributed by atoms with Crippen LogP contribution in [0.15, 0.2) is 59.1 Å². The maximum Gasteiger partial charge on any atom is 1.00 e. The smallest absolute Gasteiger partial charge is 0.558 e. The first kappa shape index (κ1) is 21.9. The zero-order valence-corrected chi connectivity index (χ0v) is 18.4. The van der Waals surface area contributed by atoms with Crippen molar-refractivity contribution in [1.29, 1.82) is 0 Å². The standard InChI is InChI=1S/C17H10F3N4O2S2.Na/c18-17(19,20)13-3-1-2-12(8-13)10-4-6-11(7-5-10)14-9-24-15(22-14)27-16(23-24)28(21,25)26;/h1-9H,(H-,21,25,26);/q-1;+1. The van der Waals surface area contributed by atoms with Crippen molar-refractivity contribution in [2.24, 2.45) is 0 Å². The third-order valence-electron chi connectivity index (χ3n) is 3.96. The number of nitrogens with zero attached hydrogens (tertiary/aromatic N) is 3.